The summed E-state index contributed by atoms with van der Waals surface area (Å²) in [5, 5.41) is 0.440. The second-order valence-corrected chi connectivity index (χ2v) is 14.0. The van der Waals surface area contributed by atoms with E-state index >= 15 is 0 Å². The monoisotopic (exact) mass is 705 g/mol. The SMILES string of the molecule is O=C(c1ccc(Cl)cc1)[C@H](CCCl)OC(=O)[C@H](Cc1ccccc1)N1C(=O)[C@@H]2[C@H](C1=O)C1(Cl)c3ccccc3C2(Cl)c2ccccc21. The lowest BCUT2D eigenvalue weighted by Crippen LogP contribution is -2.57. The lowest BCUT2D eigenvalue weighted by Gasteiger charge is -2.54. The number of imide groups is 1. The number of carbonyl (C=O) groups excluding carboxylic acids is 4. The summed E-state index contributed by atoms with van der Waals surface area (Å²) in [7, 11) is 0. The molecule has 6 nitrogen and oxygen atoms in total. The number of hydrogen-bond donors (Lipinski definition) is 0. The van der Waals surface area contributed by atoms with E-state index in [-0.39, 0.29) is 24.3 Å². The minimum atomic E-state index is -1.41. The van der Waals surface area contributed by atoms with Crippen LogP contribution in [0.3, 0.4) is 0 Å². The number of esters is 1. The molecule has 0 unspecified atom stereocenters. The lowest BCUT2D eigenvalue weighted by molar-refractivity contribution is -0.161. The highest BCUT2D eigenvalue weighted by Crippen LogP contribution is 2.69. The Morgan fingerprint density at radius 1 is 0.723 bits per heavy atom. The number of ether oxygens (including phenoxy) is 1. The molecule has 2 bridgehead atoms. The van der Waals surface area contributed by atoms with E-state index in [4.69, 9.17) is 51.1 Å². The van der Waals surface area contributed by atoms with Gasteiger partial charge in [0.25, 0.3) is 0 Å². The van der Waals surface area contributed by atoms with Crippen molar-refractivity contribution in [1.82, 2.24) is 4.90 Å². The van der Waals surface area contributed by atoms with Crippen LogP contribution in [-0.2, 0) is 35.3 Å². The summed E-state index contributed by atoms with van der Waals surface area (Å²) in [6.07, 6.45) is -1.30. The average Bonchev–Trinajstić information content (AvgIpc) is 3.36. The molecule has 1 fully saturated rings. The summed E-state index contributed by atoms with van der Waals surface area (Å²) in [5.74, 6) is -4.82. The van der Waals surface area contributed by atoms with Crippen LogP contribution in [0.5, 0.6) is 0 Å². The van der Waals surface area contributed by atoms with E-state index in [1.54, 1.807) is 36.4 Å². The Balaban J connectivity index is 1.31. The fourth-order valence-corrected chi connectivity index (χ4v) is 8.90. The predicted octanol–water partition coefficient (Wildman–Crippen LogP) is 7.27. The highest BCUT2D eigenvalue weighted by atomic mass is 35.5. The number of rotatable bonds is 9. The molecule has 0 saturated carbocycles. The molecule has 4 aliphatic rings. The van der Waals surface area contributed by atoms with Crippen molar-refractivity contribution < 1.29 is 23.9 Å². The molecule has 8 rings (SSSR count). The lowest BCUT2D eigenvalue weighted by atomic mass is 9.54. The van der Waals surface area contributed by atoms with Gasteiger partial charge in [0.2, 0.25) is 17.6 Å². The number of hydrogen-bond acceptors (Lipinski definition) is 5. The molecule has 0 spiro atoms. The predicted molar refractivity (Wildman–Crippen MR) is 180 cm³/mol. The van der Waals surface area contributed by atoms with Gasteiger partial charge in [-0.15, -0.1) is 34.8 Å². The van der Waals surface area contributed by atoms with Gasteiger partial charge in [-0.2, -0.15) is 0 Å². The number of benzene rings is 4. The molecule has 1 heterocycles. The van der Waals surface area contributed by atoms with E-state index in [2.05, 4.69) is 0 Å². The molecule has 238 valence electrons. The third-order valence-corrected chi connectivity index (χ3v) is 11.3. The van der Waals surface area contributed by atoms with Gasteiger partial charge >= 0.3 is 5.97 Å². The van der Waals surface area contributed by atoms with Gasteiger partial charge in [-0.25, -0.2) is 4.79 Å². The summed E-state index contributed by atoms with van der Waals surface area (Å²) in [4.78, 5) is 55.3. The fourth-order valence-electron chi connectivity index (χ4n) is 7.47. The van der Waals surface area contributed by atoms with Crippen LogP contribution < -0.4 is 0 Å². The Labute approximate surface area is 291 Å². The van der Waals surface area contributed by atoms with Gasteiger partial charge in [-0.05, 0) is 52.1 Å². The van der Waals surface area contributed by atoms with Crippen molar-refractivity contribution in [2.75, 3.05) is 5.88 Å². The first-order valence-corrected chi connectivity index (χ1v) is 16.8. The van der Waals surface area contributed by atoms with Gasteiger partial charge in [-0.3, -0.25) is 19.3 Å². The van der Waals surface area contributed by atoms with Crippen molar-refractivity contribution in [3.8, 4) is 0 Å². The van der Waals surface area contributed by atoms with Crippen molar-refractivity contribution >= 4 is 70.0 Å². The molecule has 4 atom stereocenters. The maximum Gasteiger partial charge on any atom is 0.330 e. The Hall–Kier alpha value is -3.68. The minimum absolute atomic E-state index is 0.0140. The molecule has 4 aromatic carbocycles. The largest absolute Gasteiger partial charge is 0.452 e. The topological polar surface area (TPSA) is 80.8 Å². The summed E-state index contributed by atoms with van der Waals surface area (Å²) < 4.78 is 5.86. The minimum Gasteiger partial charge on any atom is -0.452 e. The number of halogens is 4. The quantitative estimate of drug-likeness (QED) is 0.0792. The first-order chi connectivity index (χ1) is 22.6. The highest BCUT2D eigenvalue weighted by Gasteiger charge is 2.73. The van der Waals surface area contributed by atoms with E-state index in [0.29, 0.717) is 32.8 Å². The van der Waals surface area contributed by atoms with Crippen LogP contribution in [0.25, 0.3) is 0 Å². The molecule has 4 aromatic rings. The van der Waals surface area contributed by atoms with E-state index in [1.807, 2.05) is 54.6 Å². The summed E-state index contributed by atoms with van der Waals surface area (Å²) in [6.45, 7) is 0. The van der Waals surface area contributed by atoms with Crippen LogP contribution in [0.4, 0.5) is 0 Å². The fraction of sp³-hybridized carbons (Fsp3) is 0.243. The number of likely N-dealkylation sites (tertiary alicyclic amines) is 1. The first-order valence-electron chi connectivity index (χ1n) is 15.2. The summed E-state index contributed by atoms with van der Waals surface area (Å²) >= 11 is 27.2. The number of alkyl halides is 3. The van der Waals surface area contributed by atoms with Crippen LogP contribution >= 0.6 is 46.4 Å². The van der Waals surface area contributed by atoms with E-state index in [0.717, 1.165) is 4.90 Å². The third-order valence-electron chi connectivity index (χ3n) is 9.53. The number of ketones is 1. The molecule has 0 aromatic heterocycles. The maximum atomic E-state index is 14.7. The smallest absolute Gasteiger partial charge is 0.330 e. The Kier molecular flexibility index (Phi) is 8.20. The standard InChI is InChI=1S/C37H27Cl4NO5/c38-19-18-29(32(43)22-14-16-23(39)17-15-22)47-35(46)28(20-21-8-2-1-3-9-21)42-33(44)30-31(34(42)45)37(41)25-11-5-4-10-24(25)36(30,40)26-12-6-7-13-27(26)37/h1-17,28-31H,18-20H2/t28-,29-,30-,31+,36?,37?/m0/s1. The van der Waals surface area contributed by atoms with Crippen LogP contribution in [0.15, 0.2) is 103 Å². The van der Waals surface area contributed by atoms with Gasteiger partial charge in [0.1, 0.15) is 15.8 Å². The highest BCUT2D eigenvalue weighted by molar-refractivity contribution is 6.36. The molecule has 1 aliphatic heterocycles. The number of carbonyl (C=O) groups is 4. The van der Waals surface area contributed by atoms with Crippen molar-refractivity contribution in [2.24, 2.45) is 11.8 Å². The van der Waals surface area contributed by atoms with Crippen molar-refractivity contribution in [1.29, 1.82) is 0 Å². The Bertz CT molecular complexity index is 1790. The average molecular weight is 707 g/mol. The molecule has 0 radical (unpaired) electrons. The number of nitrogens with zero attached hydrogens (tertiary/aromatic N) is 1. The summed E-state index contributed by atoms with van der Waals surface area (Å²) in [5.41, 5.74) is 3.56. The van der Waals surface area contributed by atoms with Gasteiger partial charge < -0.3 is 4.74 Å². The van der Waals surface area contributed by atoms with Gasteiger partial charge in [0.15, 0.2) is 6.10 Å². The number of amides is 2. The molecular weight excluding hydrogens is 680 g/mol. The van der Waals surface area contributed by atoms with Crippen molar-refractivity contribution in [2.45, 2.75) is 34.7 Å². The van der Waals surface area contributed by atoms with Crippen molar-refractivity contribution in [3.63, 3.8) is 0 Å². The molecule has 10 heteroatoms. The zero-order valence-corrected chi connectivity index (χ0v) is 27.8. The van der Waals surface area contributed by atoms with Gasteiger partial charge in [0.05, 0.1) is 11.8 Å². The molecule has 2 amide bonds. The molecule has 0 N–H and O–H groups in total. The Morgan fingerprint density at radius 2 is 1.19 bits per heavy atom. The second-order valence-electron chi connectivity index (χ2n) is 12.0. The van der Waals surface area contributed by atoms with E-state index in [1.165, 1.54) is 12.1 Å². The zero-order chi connectivity index (χ0) is 33.1. The first kappa shape index (κ1) is 31.9. The van der Waals surface area contributed by atoms with Crippen LogP contribution in [0.2, 0.25) is 5.02 Å². The summed E-state index contributed by atoms with van der Waals surface area (Å²) in [6, 6.07) is 28.4. The molecule has 1 saturated heterocycles. The van der Waals surface area contributed by atoms with Gasteiger partial charge in [0, 0.05) is 29.3 Å². The third kappa shape index (κ3) is 4.83. The molecule has 47 heavy (non-hydrogen) atoms. The van der Waals surface area contributed by atoms with Crippen LogP contribution in [0, 0.1) is 11.8 Å². The van der Waals surface area contributed by atoms with Gasteiger partial charge in [-0.1, -0.05) is 90.5 Å². The Morgan fingerprint density at radius 3 is 1.66 bits per heavy atom. The van der Waals surface area contributed by atoms with E-state index < -0.39 is 57.3 Å². The normalized spacial score (nSPS) is 25.1. The van der Waals surface area contributed by atoms with E-state index in [9.17, 15) is 19.2 Å². The molecular formula is C37H27Cl4NO5. The van der Waals surface area contributed by atoms with Crippen molar-refractivity contribution in [3.05, 3.63) is 142 Å². The second kappa shape index (κ2) is 12.1. The number of Topliss-reactive ketones (excluding diaryl/α,β-unsaturated/α-hetero) is 1. The van der Waals surface area contributed by atoms with Crippen LogP contribution in [-0.4, -0.2) is 46.5 Å². The molecule has 3 aliphatic carbocycles. The maximum absolute atomic E-state index is 14.7. The zero-order valence-electron chi connectivity index (χ0n) is 24.7. The van der Waals surface area contributed by atoms with Crippen LogP contribution in [0.1, 0.15) is 44.6 Å².